The molecule has 0 bridgehead atoms. The van der Waals surface area contributed by atoms with Gasteiger partial charge in [0.25, 0.3) is 0 Å². The van der Waals surface area contributed by atoms with Crippen molar-refractivity contribution in [3.05, 3.63) is 41.1 Å². The van der Waals surface area contributed by atoms with Gasteiger partial charge in [-0.2, -0.15) is 13.2 Å². The summed E-state index contributed by atoms with van der Waals surface area (Å²) >= 11 is 0. The maximum atomic E-state index is 15.2. The zero-order chi connectivity index (χ0) is 19.8. The zero-order valence-corrected chi connectivity index (χ0v) is 15.5. The average molecular weight is 374 g/mol. The topological polar surface area (TPSA) is 27.7 Å². The second-order valence-electron chi connectivity index (χ2n) is 7.24. The molecule has 8 heteroatoms. The summed E-state index contributed by atoms with van der Waals surface area (Å²) in [5, 5.41) is 0. The highest BCUT2D eigenvalue weighted by Gasteiger charge is 2.53. The Hall–Kier alpha value is -1.38. The Labute approximate surface area is 151 Å². The number of rotatable bonds is 5. The Morgan fingerprint density at radius 1 is 1.12 bits per heavy atom. The molecule has 0 atom stereocenters. The van der Waals surface area contributed by atoms with Gasteiger partial charge in [0.15, 0.2) is 0 Å². The molecule has 1 aromatic carbocycles. The standard InChI is InChI=1S/C18H23BF4O3/c1-16(2)17(3,4)26-19(25-16)15(20)14(9-10-24-5)12-7-6-8-13(11-12)18(21,22)23/h6-8,11H,9-10H2,1-5H3. The molecule has 1 fully saturated rings. The van der Waals surface area contributed by atoms with Crippen LogP contribution in [0.1, 0.15) is 45.2 Å². The van der Waals surface area contributed by atoms with Crippen molar-refractivity contribution in [3.63, 3.8) is 0 Å². The van der Waals surface area contributed by atoms with Crippen LogP contribution in [0.2, 0.25) is 0 Å². The molecular formula is C18H23BF4O3. The molecule has 0 radical (unpaired) electrons. The molecular weight excluding hydrogens is 351 g/mol. The van der Waals surface area contributed by atoms with Crippen LogP contribution < -0.4 is 0 Å². The minimum Gasteiger partial charge on any atom is -0.398 e. The zero-order valence-electron chi connectivity index (χ0n) is 15.5. The van der Waals surface area contributed by atoms with Gasteiger partial charge in [-0.3, -0.25) is 0 Å². The van der Waals surface area contributed by atoms with E-state index in [1.54, 1.807) is 27.7 Å². The van der Waals surface area contributed by atoms with Crippen molar-refractivity contribution >= 4 is 12.7 Å². The summed E-state index contributed by atoms with van der Waals surface area (Å²) in [4.78, 5) is 0. The Kier molecular flexibility index (Phi) is 5.90. The molecule has 0 saturated carbocycles. The first-order valence-electron chi connectivity index (χ1n) is 8.30. The molecule has 0 aromatic heterocycles. The molecule has 1 aromatic rings. The molecule has 0 spiro atoms. The normalized spacial score (nSPS) is 20.3. The van der Waals surface area contributed by atoms with Crippen LogP contribution >= 0.6 is 0 Å². The molecule has 3 nitrogen and oxygen atoms in total. The number of methoxy groups -OCH3 is 1. The van der Waals surface area contributed by atoms with Crippen molar-refractivity contribution < 1.29 is 31.6 Å². The van der Waals surface area contributed by atoms with Crippen molar-refractivity contribution in [2.75, 3.05) is 13.7 Å². The van der Waals surface area contributed by atoms with Gasteiger partial charge in [-0.25, -0.2) is 4.39 Å². The van der Waals surface area contributed by atoms with Gasteiger partial charge in [0.2, 0.25) is 0 Å². The van der Waals surface area contributed by atoms with E-state index >= 15 is 4.39 Å². The lowest BCUT2D eigenvalue weighted by molar-refractivity contribution is -0.137. The molecule has 1 aliphatic rings. The van der Waals surface area contributed by atoms with Gasteiger partial charge >= 0.3 is 13.3 Å². The maximum absolute atomic E-state index is 15.2. The third-order valence-corrected chi connectivity index (χ3v) is 4.84. The van der Waals surface area contributed by atoms with Gasteiger partial charge in [0.1, 0.15) is 5.73 Å². The average Bonchev–Trinajstić information content (AvgIpc) is 2.75. The van der Waals surface area contributed by atoms with Gasteiger partial charge < -0.3 is 14.0 Å². The summed E-state index contributed by atoms with van der Waals surface area (Å²) in [5.74, 6) is 0. The molecule has 0 N–H and O–H groups in total. The van der Waals surface area contributed by atoms with Crippen LogP contribution in [0.3, 0.4) is 0 Å². The number of hydrogen-bond donors (Lipinski definition) is 0. The van der Waals surface area contributed by atoms with Gasteiger partial charge in [0.05, 0.1) is 23.4 Å². The summed E-state index contributed by atoms with van der Waals surface area (Å²) < 4.78 is 70.6. The van der Waals surface area contributed by atoms with Crippen LogP contribution in [-0.4, -0.2) is 32.0 Å². The van der Waals surface area contributed by atoms with E-state index < -0.39 is 35.8 Å². The van der Waals surface area contributed by atoms with E-state index in [1.807, 2.05) is 0 Å². The van der Waals surface area contributed by atoms with Gasteiger partial charge in [-0.15, -0.1) is 0 Å². The summed E-state index contributed by atoms with van der Waals surface area (Å²) in [6.07, 6.45) is -4.42. The van der Waals surface area contributed by atoms with Crippen molar-refractivity contribution in [2.45, 2.75) is 51.5 Å². The fraction of sp³-hybridized carbons (Fsp3) is 0.556. The summed E-state index contributed by atoms with van der Waals surface area (Å²) in [5.41, 5.74) is -2.88. The third-order valence-electron chi connectivity index (χ3n) is 4.84. The first kappa shape index (κ1) is 20.9. The van der Waals surface area contributed by atoms with Crippen LogP contribution in [0.15, 0.2) is 30.0 Å². The Bertz CT molecular complexity index is 667. The largest absolute Gasteiger partial charge is 0.525 e. The first-order valence-corrected chi connectivity index (χ1v) is 8.30. The second-order valence-corrected chi connectivity index (χ2v) is 7.24. The van der Waals surface area contributed by atoms with E-state index in [1.165, 1.54) is 19.2 Å². The lowest BCUT2D eigenvalue weighted by Gasteiger charge is -2.32. The molecule has 144 valence electrons. The quantitative estimate of drug-likeness (QED) is 0.533. The van der Waals surface area contributed by atoms with Crippen LogP contribution in [0.4, 0.5) is 17.6 Å². The molecule has 0 amide bonds. The van der Waals surface area contributed by atoms with E-state index in [0.29, 0.717) is 0 Å². The van der Waals surface area contributed by atoms with Gasteiger partial charge in [-0.1, -0.05) is 12.1 Å². The number of hydrogen-bond acceptors (Lipinski definition) is 3. The number of benzene rings is 1. The number of halogens is 4. The molecule has 2 rings (SSSR count). The van der Waals surface area contributed by atoms with Crippen molar-refractivity contribution in [1.82, 2.24) is 0 Å². The summed E-state index contributed by atoms with van der Waals surface area (Å²) in [7, 11) is 0.164. The van der Waals surface area contributed by atoms with Gasteiger partial charge in [-0.05, 0) is 57.4 Å². The molecule has 1 heterocycles. The van der Waals surface area contributed by atoms with Crippen LogP contribution in [-0.2, 0) is 20.2 Å². The molecule has 0 aliphatic carbocycles. The van der Waals surface area contributed by atoms with E-state index in [2.05, 4.69) is 0 Å². The molecule has 1 saturated heterocycles. The predicted molar refractivity (Wildman–Crippen MR) is 92.0 cm³/mol. The summed E-state index contributed by atoms with van der Waals surface area (Å²) in [6.45, 7) is 7.26. The minimum absolute atomic E-state index is 0.0800. The third kappa shape index (κ3) is 4.30. The molecule has 26 heavy (non-hydrogen) atoms. The Balaban J connectivity index is 2.46. The van der Waals surface area contributed by atoms with Gasteiger partial charge in [0, 0.05) is 7.11 Å². The second kappa shape index (κ2) is 7.33. The van der Waals surface area contributed by atoms with Crippen molar-refractivity contribution in [2.24, 2.45) is 0 Å². The van der Waals surface area contributed by atoms with E-state index in [0.717, 1.165) is 12.1 Å². The molecule has 1 aliphatic heterocycles. The SMILES string of the molecule is COCCC(=C(F)B1OC(C)(C)C(C)(C)O1)c1cccc(C(F)(F)F)c1. The Morgan fingerprint density at radius 3 is 2.19 bits per heavy atom. The smallest absolute Gasteiger partial charge is 0.398 e. The lowest BCUT2D eigenvalue weighted by atomic mass is 9.81. The van der Waals surface area contributed by atoms with Crippen LogP contribution in [0.5, 0.6) is 0 Å². The van der Waals surface area contributed by atoms with Crippen molar-refractivity contribution in [1.29, 1.82) is 0 Å². The van der Waals surface area contributed by atoms with Crippen LogP contribution in [0, 0.1) is 0 Å². The Morgan fingerprint density at radius 2 is 1.69 bits per heavy atom. The monoisotopic (exact) mass is 374 g/mol. The molecule has 0 unspecified atom stereocenters. The lowest BCUT2D eigenvalue weighted by Crippen LogP contribution is -2.41. The highest BCUT2D eigenvalue weighted by Crippen LogP contribution is 2.41. The van der Waals surface area contributed by atoms with E-state index in [-0.39, 0.29) is 24.2 Å². The minimum atomic E-state index is -4.51. The van der Waals surface area contributed by atoms with Crippen molar-refractivity contribution in [3.8, 4) is 0 Å². The highest BCUT2D eigenvalue weighted by atomic mass is 19.4. The van der Waals surface area contributed by atoms with E-state index in [9.17, 15) is 13.2 Å². The maximum Gasteiger partial charge on any atom is 0.525 e. The highest BCUT2D eigenvalue weighted by molar-refractivity contribution is 6.55. The van der Waals surface area contributed by atoms with E-state index in [4.69, 9.17) is 14.0 Å². The predicted octanol–water partition coefficient (Wildman–Crippen LogP) is 5.05. The fourth-order valence-corrected chi connectivity index (χ4v) is 2.58. The van der Waals surface area contributed by atoms with Crippen LogP contribution in [0.25, 0.3) is 5.57 Å². The number of alkyl halides is 3. The fourth-order valence-electron chi connectivity index (χ4n) is 2.58. The summed E-state index contributed by atoms with van der Waals surface area (Å²) in [6, 6.07) is 4.56. The number of ether oxygens (including phenoxy) is 1. The first-order chi connectivity index (χ1) is 11.9.